The Bertz CT molecular complexity index is 1200. The van der Waals surface area contributed by atoms with E-state index in [9.17, 15) is 14.2 Å². The fourth-order valence-corrected chi connectivity index (χ4v) is 5.80. The van der Waals surface area contributed by atoms with E-state index < -0.39 is 13.4 Å². The molecule has 1 unspecified atom stereocenters. The van der Waals surface area contributed by atoms with Crippen molar-refractivity contribution >= 4 is 25.0 Å². The number of rotatable bonds is 15. The number of carbonyl (C=O) groups excluding carboxylic acids is 2. The number of hydrogen-bond donors (Lipinski definition) is 2. The average molecular weight is 535 g/mol. The van der Waals surface area contributed by atoms with Gasteiger partial charge in [-0.2, -0.15) is 0 Å². The molecule has 200 valence electrons. The fourth-order valence-electron chi connectivity index (χ4n) is 3.88. The van der Waals surface area contributed by atoms with Crippen molar-refractivity contribution < 1.29 is 23.2 Å². The van der Waals surface area contributed by atoms with Crippen molar-refractivity contribution in [3.63, 3.8) is 0 Å². The monoisotopic (exact) mass is 534 g/mol. The van der Waals surface area contributed by atoms with E-state index in [1.165, 1.54) is 0 Å². The van der Waals surface area contributed by atoms with Gasteiger partial charge in [0.25, 0.3) is 0 Å². The van der Waals surface area contributed by atoms with Crippen molar-refractivity contribution in [3.05, 3.63) is 96.1 Å². The molecule has 0 bridgehead atoms. The summed E-state index contributed by atoms with van der Waals surface area (Å²) in [6, 6.07) is 24.4. The lowest BCUT2D eigenvalue weighted by Gasteiger charge is -2.28. The van der Waals surface area contributed by atoms with Crippen LogP contribution in [0.1, 0.15) is 69.3 Å². The Morgan fingerprint density at radius 1 is 0.763 bits per heavy atom. The van der Waals surface area contributed by atoms with Gasteiger partial charge in [-0.3, -0.25) is 4.79 Å². The van der Waals surface area contributed by atoms with Crippen LogP contribution in [-0.2, 0) is 14.2 Å². The second-order valence-corrected chi connectivity index (χ2v) is 11.1. The molecule has 0 aliphatic carbocycles. The summed E-state index contributed by atoms with van der Waals surface area (Å²) >= 11 is 0. The topological polar surface area (TPSA) is 106 Å². The number of para-hydroxylation sites is 2. The number of carbonyl (C=O) groups is 2. The maximum Gasteiger partial charge on any atom is 0.457 e. The van der Waals surface area contributed by atoms with Crippen LogP contribution in [-0.4, -0.2) is 17.4 Å². The number of nitrogens with one attached hydrogen (secondary N) is 2. The number of hydrogen-bond acceptors (Lipinski definition) is 6. The maximum atomic E-state index is 14.6. The third-order valence-corrected chi connectivity index (χ3v) is 7.90. The van der Waals surface area contributed by atoms with Gasteiger partial charge in [-0.05, 0) is 62.1 Å². The predicted octanol–water partition coefficient (Wildman–Crippen LogP) is 7.47. The first kappa shape index (κ1) is 28.9. The van der Waals surface area contributed by atoms with Crippen LogP contribution in [0.3, 0.4) is 0 Å². The zero-order chi connectivity index (χ0) is 27.4. The lowest BCUT2D eigenvalue weighted by molar-refractivity contribution is -0.121. The molecule has 3 aromatic carbocycles. The van der Waals surface area contributed by atoms with E-state index in [0.29, 0.717) is 41.2 Å². The lowest BCUT2D eigenvalue weighted by Crippen LogP contribution is -2.31. The highest BCUT2D eigenvalue weighted by molar-refractivity contribution is 7.55. The van der Waals surface area contributed by atoms with Crippen molar-refractivity contribution in [2.75, 3.05) is 0 Å². The van der Waals surface area contributed by atoms with Gasteiger partial charge in [0.15, 0.2) is 5.78 Å². The van der Waals surface area contributed by atoms with Gasteiger partial charge in [-0.1, -0.05) is 73.5 Å². The molecule has 1 amide bonds. The number of amides is 1. The Morgan fingerprint density at radius 3 is 1.74 bits per heavy atom. The SMILES string of the molecule is CC(=N)c1ccc(C(NC(=O)CCCCCCC(C)=O)P(=O)(Oc2ccccc2)Oc2ccccc2)cc1. The molecule has 0 aromatic heterocycles. The molecular formula is C30H35N2O5P. The Kier molecular flexibility index (Phi) is 10.9. The third-order valence-electron chi connectivity index (χ3n) is 5.91. The molecule has 3 rings (SSSR count). The summed E-state index contributed by atoms with van der Waals surface area (Å²) in [5.41, 5.74) is 1.65. The highest BCUT2D eigenvalue weighted by atomic mass is 31.2. The van der Waals surface area contributed by atoms with Crippen LogP contribution in [0.2, 0.25) is 0 Å². The Labute approximate surface area is 224 Å². The number of Topliss-reactive ketones (excluding diaryl/α,β-unsaturated/α-hetero) is 1. The molecule has 0 saturated carbocycles. The largest absolute Gasteiger partial charge is 0.457 e. The van der Waals surface area contributed by atoms with Gasteiger partial charge in [-0.25, -0.2) is 4.57 Å². The Morgan fingerprint density at radius 2 is 1.26 bits per heavy atom. The van der Waals surface area contributed by atoms with Crippen LogP contribution in [0.25, 0.3) is 0 Å². The molecule has 0 saturated heterocycles. The molecule has 3 aromatic rings. The number of benzene rings is 3. The Hall–Kier alpha value is -3.70. The molecular weight excluding hydrogens is 499 g/mol. The molecule has 2 N–H and O–H groups in total. The fraction of sp³-hybridized carbons (Fsp3) is 0.300. The third kappa shape index (κ3) is 9.00. The van der Waals surface area contributed by atoms with Crippen molar-refractivity contribution in [3.8, 4) is 11.5 Å². The number of unbranched alkanes of at least 4 members (excludes halogenated alkanes) is 3. The summed E-state index contributed by atoms with van der Waals surface area (Å²) in [7, 11) is -4.07. The molecule has 38 heavy (non-hydrogen) atoms. The molecule has 0 fully saturated rings. The number of ketones is 1. The molecule has 7 nitrogen and oxygen atoms in total. The van der Waals surface area contributed by atoms with Gasteiger partial charge < -0.3 is 24.6 Å². The van der Waals surface area contributed by atoms with E-state index >= 15 is 0 Å². The van der Waals surface area contributed by atoms with Crippen LogP contribution in [0.5, 0.6) is 11.5 Å². The maximum absolute atomic E-state index is 14.6. The van der Waals surface area contributed by atoms with Crippen molar-refractivity contribution in [1.82, 2.24) is 5.32 Å². The summed E-state index contributed by atoms with van der Waals surface area (Å²) in [4.78, 5) is 24.2. The van der Waals surface area contributed by atoms with E-state index in [2.05, 4.69) is 5.32 Å². The van der Waals surface area contributed by atoms with Gasteiger partial charge in [0, 0.05) is 18.6 Å². The minimum absolute atomic E-state index is 0.169. The van der Waals surface area contributed by atoms with Gasteiger partial charge in [0.2, 0.25) is 5.91 Å². The first-order chi connectivity index (χ1) is 18.3. The normalized spacial score (nSPS) is 11.8. The standard InChI is InChI=1S/C30H35N2O5P/c1-23(33)13-7-3-4-12-18-29(34)32-30(26-21-19-25(20-22-26)24(2)31)38(35,36-27-14-8-5-9-15-27)37-28-16-10-6-11-17-28/h5-6,8-11,14-17,19-22,30-31H,3-4,7,12-13,18H2,1-2H3,(H,32,34). The summed E-state index contributed by atoms with van der Waals surface area (Å²) in [6.07, 6.45) is 3.93. The summed E-state index contributed by atoms with van der Waals surface area (Å²) in [5.74, 6) is -0.495. The first-order valence-corrected chi connectivity index (χ1v) is 14.4. The van der Waals surface area contributed by atoms with Crippen molar-refractivity contribution in [2.24, 2.45) is 0 Å². The molecule has 8 heteroatoms. The second-order valence-electron chi connectivity index (χ2n) is 9.18. The molecule has 0 spiro atoms. The zero-order valence-corrected chi connectivity index (χ0v) is 22.8. The second kappa shape index (κ2) is 14.3. The van der Waals surface area contributed by atoms with Gasteiger partial charge in [0.05, 0.1) is 0 Å². The minimum atomic E-state index is -4.07. The smallest absolute Gasteiger partial charge is 0.414 e. The van der Waals surface area contributed by atoms with Gasteiger partial charge in [0.1, 0.15) is 17.3 Å². The van der Waals surface area contributed by atoms with E-state index in [-0.39, 0.29) is 18.1 Å². The van der Waals surface area contributed by atoms with Crippen LogP contribution in [0.15, 0.2) is 84.9 Å². The molecule has 0 aliphatic rings. The Balaban J connectivity index is 1.88. The van der Waals surface area contributed by atoms with Crippen molar-refractivity contribution in [2.45, 2.75) is 58.2 Å². The quantitative estimate of drug-likeness (QED) is 0.120. The van der Waals surface area contributed by atoms with E-state index in [1.54, 1.807) is 86.6 Å². The van der Waals surface area contributed by atoms with E-state index in [1.807, 2.05) is 12.1 Å². The summed E-state index contributed by atoms with van der Waals surface area (Å²) in [5, 5.41) is 10.8. The van der Waals surface area contributed by atoms with E-state index in [4.69, 9.17) is 14.5 Å². The van der Waals surface area contributed by atoms with Crippen LogP contribution < -0.4 is 14.4 Å². The molecule has 0 radical (unpaired) electrons. The highest BCUT2D eigenvalue weighted by Crippen LogP contribution is 2.59. The van der Waals surface area contributed by atoms with Gasteiger partial charge in [-0.15, -0.1) is 0 Å². The molecule has 0 aliphatic heterocycles. The lowest BCUT2D eigenvalue weighted by atomic mass is 10.1. The highest BCUT2D eigenvalue weighted by Gasteiger charge is 2.42. The summed E-state index contributed by atoms with van der Waals surface area (Å²) in [6.45, 7) is 3.27. The van der Waals surface area contributed by atoms with Crippen molar-refractivity contribution in [1.29, 1.82) is 5.41 Å². The van der Waals surface area contributed by atoms with Crippen LogP contribution >= 0.6 is 7.60 Å². The average Bonchev–Trinajstić information content (AvgIpc) is 2.90. The predicted molar refractivity (Wildman–Crippen MR) is 150 cm³/mol. The summed E-state index contributed by atoms with van der Waals surface area (Å²) < 4.78 is 26.6. The zero-order valence-electron chi connectivity index (χ0n) is 21.9. The van der Waals surface area contributed by atoms with E-state index in [0.717, 1.165) is 19.3 Å². The van der Waals surface area contributed by atoms with Crippen LogP contribution in [0, 0.1) is 5.41 Å². The first-order valence-electron chi connectivity index (χ1n) is 12.8. The minimum Gasteiger partial charge on any atom is -0.414 e. The molecule has 1 atom stereocenters. The molecule has 0 heterocycles. The van der Waals surface area contributed by atoms with Crippen LogP contribution in [0.4, 0.5) is 0 Å². The van der Waals surface area contributed by atoms with Gasteiger partial charge >= 0.3 is 7.60 Å².